The third kappa shape index (κ3) is 4.41. The topological polar surface area (TPSA) is 53.5 Å². The summed E-state index contributed by atoms with van der Waals surface area (Å²) in [4.78, 5) is 7.21. The van der Waals surface area contributed by atoms with E-state index >= 15 is 0 Å². The molecule has 0 saturated carbocycles. The Labute approximate surface area is 179 Å². The van der Waals surface area contributed by atoms with Crippen LogP contribution in [-0.4, -0.2) is 46.6 Å². The first-order chi connectivity index (χ1) is 14.4. The zero-order valence-corrected chi connectivity index (χ0v) is 18.6. The van der Waals surface area contributed by atoms with E-state index in [-0.39, 0.29) is 18.1 Å². The summed E-state index contributed by atoms with van der Waals surface area (Å²) in [7, 11) is 0. The number of nitrogens with one attached hydrogen (secondary N) is 1. The van der Waals surface area contributed by atoms with Gasteiger partial charge in [-0.1, -0.05) is 30.7 Å². The number of aliphatic imine (C=N–C) groups is 1. The number of hydrogen-bond donors (Lipinski definition) is 1. The Balaban J connectivity index is 1.77. The van der Waals surface area contributed by atoms with E-state index < -0.39 is 0 Å². The molecule has 1 saturated heterocycles. The number of nitrogens with zero attached hydrogens (tertiary/aromatic N) is 3. The lowest BCUT2D eigenvalue weighted by Gasteiger charge is -2.36. The Morgan fingerprint density at radius 2 is 2.00 bits per heavy atom. The Morgan fingerprint density at radius 3 is 2.70 bits per heavy atom. The lowest BCUT2D eigenvalue weighted by atomic mass is 9.99. The van der Waals surface area contributed by atoms with Gasteiger partial charge in [0.2, 0.25) is 0 Å². The minimum Gasteiger partial charge on any atom is -0.372 e. The summed E-state index contributed by atoms with van der Waals surface area (Å²) in [6.07, 6.45) is 10.2. The second-order valence-corrected chi connectivity index (χ2v) is 8.74. The second-order valence-electron chi connectivity index (χ2n) is 8.74. The first-order valence-electron chi connectivity index (χ1n) is 10.9. The van der Waals surface area contributed by atoms with Gasteiger partial charge in [0.05, 0.1) is 23.4 Å². The molecule has 2 aromatic rings. The summed E-state index contributed by atoms with van der Waals surface area (Å²) in [6.45, 7) is 12.4. The molecule has 0 aliphatic carbocycles. The molecule has 1 N–H and O–H groups in total. The first kappa shape index (κ1) is 20.6. The third-order valence-corrected chi connectivity index (χ3v) is 5.61. The van der Waals surface area contributed by atoms with Gasteiger partial charge in [0.25, 0.3) is 0 Å². The summed E-state index contributed by atoms with van der Waals surface area (Å²) < 4.78 is 5.92. The first-order valence-corrected chi connectivity index (χ1v) is 10.9. The maximum atomic E-state index is 5.92. The summed E-state index contributed by atoms with van der Waals surface area (Å²) in [5, 5.41) is 9.06. The average Bonchev–Trinajstić information content (AvgIpc) is 2.98. The van der Waals surface area contributed by atoms with E-state index in [0.717, 1.165) is 47.5 Å². The van der Waals surface area contributed by atoms with Crippen LogP contribution in [0.25, 0.3) is 22.6 Å². The van der Waals surface area contributed by atoms with Crippen LogP contribution in [0, 0.1) is 5.92 Å². The molecular weight excluding hydrogens is 372 g/mol. The standard InChI is InChI=1S/C25H32N4O/c1-6-19-10-21(12-24(26-13-19)29-14-17(4)30-18(5)15-29)25-22-11-20(9-16(2)3)7-8-23(22)27-28-25/h7-13,17-19H,6,14-15H2,1-5H3,(H,27,28). The van der Waals surface area contributed by atoms with Crippen LogP contribution >= 0.6 is 0 Å². The highest BCUT2D eigenvalue weighted by Gasteiger charge is 2.25. The van der Waals surface area contributed by atoms with Crippen LogP contribution in [0.15, 0.2) is 46.7 Å². The summed E-state index contributed by atoms with van der Waals surface area (Å²) in [5.41, 5.74) is 5.65. The number of allylic oxidation sites excluding steroid dienone is 4. The molecule has 1 aromatic heterocycles. The number of aromatic nitrogens is 2. The number of rotatable bonds is 4. The van der Waals surface area contributed by atoms with Gasteiger partial charge in [-0.2, -0.15) is 5.10 Å². The average molecular weight is 405 g/mol. The monoisotopic (exact) mass is 404 g/mol. The van der Waals surface area contributed by atoms with Crippen LogP contribution in [0.5, 0.6) is 0 Å². The van der Waals surface area contributed by atoms with Crippen molar-refractivity contribution < 1.29 is 4.74 Å². The second kappa shape index (κ2) is 8.60. The molecule has 3 atom stereocenters. The van der Waals surface area contributed by atoms with Gasteiger partial charge >= 0.3 is 0 Å². The molecule has 5 heteroatoms. The Kier molecular flexibility index (Phi) is 5.91. The number of morpholine rings is 1. The van der Waals surface area contributed by atoms with E-state index in [1.54, 1.807) is 0 Å². The third-order valence-electron chi connectivity index (χ3n) is 5.61. The summed E-state index contributed by atoms with van der Waals surface area (Å²) in [6, 6.07) is 6.47. The van der Waals surface area contributed by atoms with Gasteiger partial charge in [-0.3, -0.25) is 5.10 Å². The molecule has 3 heterocycles. The largest absolute Gasteiger partial charge is 0.372 e. The number of ether oxygens (including phenoxy) is 1. The fraction of sp³-hybridized carbons (Fsp3) is 0.440. The molecule has 30 heavy (non-hydrogen) atoms. The molecule has 158 valence electrons. The number of hydrogen-bond acceptors (Lipinski definition) is 4. The SMILES string of the molecule is CCC1C=NC(N2CC(C)OC(C)C2)=CC(c2n[nH]c3ccc(C=C(C)C)cc23)=C1. The van der Waals surface area contributed by atoms with Crippen molar-refractivity contribution in [2.45, 2.75) is 53.2 Å². The lowest BCUT2D eigenvalue weighted by Crippen LogP contribution is -2.44. The van der Waals surface area contributed by atoms with Crippen LogP contribution in [0.3, 0.4) is 0 Å². The van der Waals surface area contributed by atoms with Crippen molar-refractivity contribution in [3.05, 3.63) is 53.0 Å². The van der Waals surface area contributed by atoms with Gasteiger partial charge < -0.3 is 9.64 Å². The number of H-pyrrole nitrogens is 1. The Hall–Kier alpha value is -2.66. The summed E-state index contributed by atoms with van der Waals surface area (Å²) >= 11 is 0. The number of aromatic amines is 1. The van der Waals surface area contributed by atoms with Gasteiger partial charge in [0.1, 0.15) is 5.82 Å². The number of fused-ring (bicyclic) bond motifs is 1. The molecule has 0 radical (unpaired) electrons. The molecular formula is C25H32N4O. The van der Waals surface area contributed by atoms with Crippen molar-refractivity contribution in [1.82, 2.24) is 15.1 Å². The maximum absolute atomic E-state index is 5.92. The fourth-order valence-electron chi connectivity index (χ4n) is 4.25. The van der Waals surface area contributed by atoms with Crippen molar-refractivity contribution >= 4 is 28.8 Å². The predicted molar refractivity (Wildman–Crippen MR) is 125 cm³/mol. The van der Waals surface area contributed by atoms with Crippen molar-refractivity contribution in [2.75, 3.05) is 13.1 Å². The molecule has 5 nitrogen and oxygen atoms in total. The van der Waals surface area contributed by atoms with Gasteiger partial charge in [0, 0.05) is 36.2 Å². The highest BCUT2D eigenvalue weighted by Crippen LogP contribution is 2.30. The zero-order chi connectivity index (χ0) is 21.3. The lowest BCUT2D eigenvalue weighted by molar-refractivity contribution is -0.0580. The van der Waals surface area contributed by atoms with E-state index in [9.17, 15) is 0 Å². The van der Waals surface area contributed by atoms with Crippen molar-refractivity contribution in [3.8, 4) is 0 Å². The molecule has 2 aliphatic rings. The fourth-order valence-corrected chi connectivity index (χ4v) is 4.25. The van der Waals surface area contributed by atoms with E-state index in [4.69, 9.17) is 14.8 Å². The highest BCUT2D eigenvalue weighted by molar-refractivity contribution is 5.95. The zero-order valence-electron chi connectivity index (χ0n) is 18.6. The van der Waals surface area contributed by atoms with Gasteiger partial charge in [-0.25, -0.2) is 4.99 Å². The molecule has 1 fully saturated rings. The molecule has 4 rings (SSSR count). The van der Waals surface area contributed by atoms with Crippen LogP contribution in [0.1, 0.15) is 52.3 Å². The van der Waals surface area contributed by atoms with E-state index in [1.165, 1.54) is 11.1 Å². The van der Waals surface area contributed by atoms with Gasteiger partial charge in [0.15, 0.2) is 0 Å². The van der Waals surface area contributed by atoms with Crippen LogP contribution in [-0.2, 0) is 4.74 Å². The molecule has 2 aliphatic heterocycles. The summed E-state index contributed by atoms with van der Waals surface area (Å²) in [5.74, 6) is 1.29. The van der Waals surface area contributed by atoms with Crippen LogP contribution < -0.4 is 0 Å². The minimum absolute atomic E-state index is 0.195. The predicted octanol–water partition coefficient (Wildman–Crippen LogP) is 5.43. The molecule has 0 amide bonds. The molecule has 3 unspecified atom stereocenters. The number of benzene rings is 1. The highest BCUT2D eigenvalue weighted by atomic mass is 16.5. The van der Waals surface area contributed by atoms with Gasteiger partial charge in [-0.15, -0.1) is 0 Å². The van der Waals surface area contributed by atoms with Gasteiger partial charge in [-0.05, 0) is 57.9 Å². The quantitative estimate of drug-likeness (QED) is 0.739. The van der Waals surface area contributed by atoms with Crippen LogP contribution in [0.2, 0.25) is 0 Å². The van der Waals surface area contributed by atoms with Crippen molar-refractivity contribution in [2.24, 2.45) is 10.9 Å². The normalized spacial score (nSPS) is 24.4. The van der Waals surface area contributed by atoms with E-state index in [2.05, 4.69) is 87.3 Å². The Morgan fingerprint density at radius 1 is 1.23 bits per heavy atom. The van der Waals surface area contributed by atoms with E-state index in [0.29, 0.717) is 0 Å². The Bertz CT molecular complexity index is 1030. The smallest absolute Gasteiger partial charge is 0.128 e. The van der Waals surface area contributed by atoms with Crippen molar-refractivity contribution in [3.63, 3.8) is 0 Å². The molecule has 0 spiro atoms. The van der Waals surface area contributed by atoms with E-state index in [1.807, 2.05) is 0 Å². The molecule has 1 aromatic carbocycles. The van der Waals surface area contributed by atoms with Crippen LogP contribution in [0.4, 0.5) is 0 Å². The molecule has 0 bridgehead atoms. The minimum atomic E-state index is 0.195. The van der Waals surface area contributed by atoms with Crippen molar-refractivity contribution in [1.29, 1.82) is 0 Å². The maximum Gasteiger partial charge on any atom is 0.128 e.